The van der Waals surface area contributed by atoms with Crippen LogP contribution in [-0.2, 0) is 0 Å². The van der Waals surface area contributed by atoms with Gasteiger partial charge in [0.2, 0.25) is 0 Å². The Morgan fingerprint density at radius 2 is 1.90 bits per heavy atom. The quantitative estimate of drug-likeness (QED) is 0.275. The van der Waals surface area contributed by atoms with Gasteiger partial charge in [0.1, 0.15) is 0 Å². The van der Waals surface area contributed by atoms with Crippen LogP contribution < -0.4 is 10.6 Å². The maximum Gasteiger partial charge on any atom is 0.191 e. The van der Waals surface area contributed by atoms with Gasteiger partial charge in [-0.05, 0) is 39.3 Å². The van der Waals surface area contributed by atoms with Crippen LogP contribution in [0.15, 0.2) is 4.99 Å². The summed E-state index contributed by atoms with van der Waals surface area (Å²) < 4.78 is 0. The number of rotatable bonds is 11. The third kappa shape index (κ3) is 13.3. The van der Waals surface area contributed by atoms with E-state index < -0.39 is 0 Å². The number of guanidine groups is 1. The monoisotopic (exact) mass is 414 g/mol. The third-order valence-electron chi connectivity index (χ3n) is 3.41. The van der Waals surface area contributed by atoms with Gasteiger partial charge in [0, 0.05) is 32.8 Å². The van der Waals surface area contributed by atoms with Crippen molar-refractivity contribution in [3.8, 4) is 0 Å². The highest BCUT2D eigenvalue weighted by Crippen LogP contribution is 2.10. The van der Waals surface area contributed by atoms with Crippen molar-refractivity contribution in [2.24, 2.45) is 10.9 Å². The maximum absolute atomic E-state index is 9.08. The number of aliphatic hydroxyl groups is 1. The van der Waals surface area contributed by atoms with Gasteiger partial charge in [0.25, 0.3) is 0 Å². The summed E-state index contributed by atoms with van der Waals surface area (Å²) in [5.74, 6) is 1.37. The van der Waals surface area contributed by atoms with E-state index in [0.29, 0.717) is 5.92 Å². The lowest BCUT2D eigenvalue weighted by atomic mass is 10.0. The second kappa shape index (κ2) is 16.3. The molecule has 0 aromatic heterocycles. The van der Waals surface area contributed by atoms with Crippen LogP contribution in [-0.4, -0.2) is 62.3 Å². The molecule has 0 saturated heterocycles. The summed E-state index contributed by atoms with van der Waals surface area (Å²) in [5.41, 5.74) is 0. The molecule has 1 unspecified atom stereocenters. The smallest absolute Gasteiger partial charge is 0.191 e. The SMILES string of the molecule is CCCC(CCO)CN=C(NCC)NCCN(C)CC.I. The summed E-state index contributed by atoms with van der Waals surface area (Å²) >= 11 is 0. The van der Waals surface area contributed by atoms with E-state index in [-0.39, 0.29) is 30.6 Å². The molecule has 0 aliphatic heterocycles. The molecule has 0 amide bonds. The van der Waals surface area contributed by atoms with Crippen molar-refractivity contribution in [2.75, 3.05) is 46.4 Å². The third-order valence-corrected chi connectivity index (χ3v) is 3.41. The summed E-state index contributed by atoms with van der Waals surface area (Å²) in [5, 5.41) is 15.7. The second-order valence-corrected chi connectivity index (χ2v) is 5.21. The molecule has 0 aromatic rings. The molecule has 0 aliphatic carbocycles. The van der Waals surface area contributed by atoms with Crippen molar-refractivity contribution in [2.45, 2.75) is 40.0 Å². The van der Waals surface area contributed by atoms with E-state index in [1.807, 2.05) is 0 Å². The molecular formula is C15H35IN4O. The van der Waals surface area contributed by atoms with E-state index in [1.54, 1.807) is 0 Å². The first-order chi connectivity index (χ1) is 9.67. The first-order valence-electron chi connectivity index (χ1n) is 7.99. The molecule has 1 atom stereocenters. The van der Waals surface area contributed by atoms with Crippen LogP contribution in [0.25, 0.3) is 0 Å². The summed E-state index contributed by atoms with van der Waals surface area (Å²) in [6.07, 6.45) is 3.11. The molecule has 0 heterocycles. The van der Waals surface area contributed by atoms with Crippen molar-refractivity contribution >= 4 is 29.9 Å². The predicted molar refractivity (Wildman–Crippen MR) is 103 cm³/mol. The Hall–Kier alpha value is -0.0800. The zero-order valence-electron chi connectivity index (χ0n) is 14.2. The molecule has 0 bridgehead atoms. The first-order valence-corrected chi connectivity index (χ1v) is 7.99. The Morgan fingerprint density at radius 3 is 2.43 bits per heavy atom. The Labute approximate surface area is 148 Å². The minimum absolute atomic E-state index is 0. The summed E-state index contributed by atoms with van der Waals surface area (Å²) in [6.45, 7) is 11.3. The fourth-order valence-corrected chi connectivity index (χ4v) is 2.00. The average Bonchev–Trinajstić information content (AvgIpc) is 2.44. The van der Waals surface area contributed by atoms with Crippen molar-refractivity contribution in [3.05, 3.63) is 0 Å². The maximum atomic E-state index is 9.08. The zero-order valence-corrected chi connectivity index (χ0v) is 16.5. The Balaban J connectivity index is 0. The molecule has 5 nitrogen and oxygen atoms in total. The fraction of sp³-hybridized carbons (Fsp3) is 0.933. The van der Waals surface area contributed by atoms with Gasteiger partial charge < -0.3 is 20.6 Å². The zero-order chi connectivity index (χ0) is 15.2. The van der Waals surface area contributed by atoms with E-state index in [9.17, 15) is 0 Å². The predicted octanol–water partition coefficient (Wildman–Crippen LogP) is 1.91. The van der Waals surface area contributed by atoms with Gasteiger partial charge in [-0.2, -0.15) is 0 Å². The van der Waals surface area contributed by atoms with Crippen LogP contribution >= 0.6 is 24.0 Å². The molecule has 128 valence electrons. The molecular weight excluding hydrogens is 379 g/mol. The molecule has 0 spiro atoms. The average molecular weight is 414 g/mol. The van der Waals surface area contributed by atoms with Gasteiger partial charge in [-0.15, -0.1) is 24.0 Å². The highest BCUT2D eigenvalue weighted by Gasteiger charge is 2.07. The topological polar surface area (TPSA) is 59.9 Å². The lowest BCUT2D eigenvalue weighted by Gasteiger charge is -2.17. The van der Waals surface area contributed by atoms with Gasteiger partial charge in [-0.1, -0.05) is 20.3 Å². The summed E-state index contributed by atoms with van der Waals surface area (Å²) in [7, 11) is 2.12. The van der Waals surface area contributed by atoms with Gasteiger partial charge in [0.15, 0.2) is 5.96 Å². The van der Waals surface area contributed by atoms with Crippen molar-refractivity contribution in [3.63, 3.8) is 0 Å². The lowest BCUT2D eigenvalue weighted by molar-refractivity contribution is 0.253. The van der Waals surface area contributed by atoms with E-state index in [2.05, 4.69) is 48.3 Å². The molecule has 0 fully saturated rings. The van der Waals surface area contributed by atoms with E-state index >= 15 is 0 Å². The van der Waals surface area contributed by atoms with Crippen molar-refractivity contribution < 1.29 is 5.11 Å². The fourth-order valence-electron chi connectivity index (χ4n) is 2.00. The second-order valence-electron chi connectivity index (χ2n) is 5.21. The number of hydrogen-bond donors (Lipinski definition) is 3. The van der Waals surface area contributed by atoms with Crippen LogP contribution in [0.1, 0.15) is 40.0 Å². The molecule has 0 radical (unpaired) electrons. The molecule has 21 heavy (non-hydrogen) atoms. The Kier molecular flexibility index (Phi) is 18.0. The lowest BCUT2D eigenvalue weighted by Crippen LogP contribution is -2.41. The number of halogens is 1. The van der Waals surface area contributed by atoms with Crippen LogP contribution in [0.4, 0.5) is 0 Å². The summed E-state index contributed by atoms with van der Waals surface area (Å²) in [6, 6.07) is 0. The Morgan fingerprint density at radius 1 is 1.19 bits per heavy atom. The largest absolute Gasteiger partial charge is 0.396 e. The molecule has 6 heteroatoms. The van der Waals surface area contributed by atoms with E-state index in [0.717, 1.165) is 57.9 Å². The van der Waals surface area contributed by atoms with Crippen LogP contribution in [0.5, 0.6) is 0 Å². The van der Waals surface area contributed by atoms with E-state index in [1.165, 1.54) is 0 Å². The van der Waals surface area contributed by atoms with Crippen LogP contribution in [0, 0.1) is 5.92 Å². The van der Waals surface area contributed by atoms with Crippen LogP contribution in [0.2, 0.25) is 0 Å². The van der Waals surface area contributed by atoms with Gasteiger partial charge in [0.05, 0.1) is 0 Å². The number of likely N-dealkylation sites (N-methyl/N-ethyl adjacent to an activating group) is 1. The normalized spacial score (nSPS) is 13.0. The first kappa shape index (κ1) is 23.2. The number of hydrogen-bond acceptors (Lipinski definition) is 3. The van der Waals surface area contributed by atoms with Crippen molar-refractivity contribution in [1.29, 1.82) is 0 Å². The highest BCUT2D eigenvalue weighted by atomic mass is 127. The standard InChI is InChI=1S/C15H34N4O.HI/c1-5-8-14(9-12-20)13-18-15(16-6-2)17-10-11-19(4)7-3;/h14,20H,5-13H2,1-4H3,(H2,16,17,18);1H. The number of aliphatic hydroxyl groups excluding tert-OH is 1. The van der Waals surface area contributed by atoms with Gasteiger partial charge in [-0.3, -0.25) is 4.99 Å². The molecule has 0 aromatic carbocycles. The minimum Gasteiger partial charge on any atom is -0.396 e. The van der Waals surface area contributed by atoms with Gasteiger partial charge in [-0.25, -0.2) is 0 Å². The van der Waals surface area contributed by atoms with E-state index in [4.69, 9.17) is 5.11 Å². The minimum atomic E-state index is 0. The Bertz CT molecular complexity index is 246. The summed E-state index contributed by atoms with van der Waals surface area (Å²) in [4.78, 5) is 6.90. The molecule has 0 saturated carbocycles. The molecule has 3 N–H and O–H groups in total. The van der Waals surface area contributed by atoms with Crippen LogP contribution in [0.3, 0.4) is 0 Å². The van der Waals surface area contributed by atoms with Gasteiger partial charge >= 0.3 is 0 Å². The number of nitrogens with zero attached hydrogens (tertiary/aromatic N) is 2. The number of aliphatic imine (C=N–C) groups is 1. The molecule has 0 aliphatic rings. The highest BCUT2D eigenvalue weighted by molar-refractivity contribution is 14.0. The molecule has 0 rings (SSSR count). The number of nitrogens with one attached hydrogen (secondary N) is 2. The van der Waals surface area contributed by atoms with Crippen molar-refractivity contribution in [1.82, 2.24) is 15.5 Å².